The minimum atomic E-state index is -0.444. The van der Waals surface area contributed by atoms with Gasteiger partial charge in [0, 0.05) is 24.1 Å². The number of aryl methyl sites for hydroxylation is 1. The highest BCUT2D eigenvalue weighted by Crippen LogP contribution is 2.21. The Balaban J connectivity index is 2.23. The second-order valence-corrected chi connectivity index (χ2v) is 3.55. The topological polar surface area (TPSA) is 82.1 Å². The molecule has 0 bridgehead atoms. The number of nitrogens with zero attached hydrogens (tertiary/aromatic N) is 3. The van der Waals surface area contributed by atoms with Crippen molar-refractivity contribution >= 4 is 5.69 Å². The highest BCUT2D eigenvalue weighted by molar-refractivity contribution is 5.55. The molecule has 0 fully saturated rings. The van der Waals surface area contributed by atoms with Gasteiger partial charge in [-0.05, 0) is 18.6 Å². The predicted octanol–water partition coefficient (Wildman–Crippen LogP) is 2.60. The monoisotopic (exact) mass is 233 g/mol. The van der Waals surface area contributed by atoms with Gasteiger partial charge in [0.15, 0.2) is 0 Å². The van der Waals surface area contributed by atoms with Crippen LogP contribution in [-0.4, -0.2) is 15.1 Å². The van der Waals surface area contributed by atoms with Crippen LogP contribution >= 0.6 is 0 Å². The lowest BCUT2D eigenvalue weighted by Crippen LogP contribution is -1.87. The first-order valence-electron chi connectivity index (χ1n) is 5.28. The van der Waals surface area contributed by atoms with Gasteiger partial charge in [-0.1, -0.05) is 6.92 Å². The van der Waals surface area contributed by atoms with Gasteiger partial charge < -0.3 is 4.42 Å². The zero-order valence-electron chi connectivity index (χ0n) is 9.29. The molecule has 6 nitrogen and oxygen atoms in total. The quantitative estimate of drug-likeness (QED) is 0.598. The highest BCUT2D eigenvalue weighted by Gasteiger charge is 2.10. The van der Waals surface area contributed by atoms with Gasteiger partial charge in [-0.15, -0.1) is 10.2 Å². The molecule has 0 aliphatic heterocycles. The van der Waals surface area contributed by atoms with Crippen LogP contribution in [0.1, 0.15) is 19.2 Å². The van der Waals surface area contributed by atoms with Crippen molar-refractivity contribution in [2.75, 3.05) is 0 Å². The summed E-state index contributed by atoms with van der Waals surface area (Å²) in [5, 5.41) is 18.3. The first-order chi connectivity index (χ1) is 8.20. The molecule has 1 aromatic carbocycles. The molecule has 0 unspecified atom stereocenters. The van der Waals surface area contributed by atoms with Crippen LogP contribution in [0.2, 0.25) is 0 Å². The molecule has 0 radical (unpaired) electrons. The molecule has 0 atom stereocenters. The zero-order chi connectivity index (χ0) is 12.3. The van der Waals surface area contributed by atoms with E-state index < -0.39 is 4.92 Å². The van der Waals surface area contributed by atoms with Gasteiger partial charge in [0.05, 0.1) is 4.92 Å². The number of nitro benzene ring substituents is 1. The highest BCUT2D eigenvalue weighted by atomic mass is 16.6. The van der Waals surface area contributed by atoms with Crippen molar-refractivity contribution in [3.05, 3.63) is 40.3 Å². The molecule has 0 saturated carbocycles. The number of nitro groups is 1. The standard InChI is InChI=1S/C11H11N3O3/c1-2-3-10-12-13-11(17-10)8-4-6-9(7-5-8)14(15)16/h4-7H,2-3H2,1H3. The number of non-ortho nitro benzene ring substituents is 1. The van der Waals surface area contributed by atoms with Crippen molar-refractivity contribution in [2.24, 2.45) is 0 Å². The van der Waals surface area contributed by atoms with Gasteiger partial charge in [0.1, 0.15) is 0 Å². The molecule has 6 heteroatoms. The van der Waals surface area contributed by atoms with Crippen molar-refractivity contribution in [1.82, 2.24) is 10.2 Å². The molecule has 1 heterocycles. The molecule has 0 saturated heterocycles. The van der Waals surface area contributed by atoms with E-state index in [0.29, 0.717) is 17.3 Å². The Morgan fingerprint density at radius 1 is 1.29 bits per heavy atom. The van der Waals surface area contributed by atoms with Crippen LogP contribution in [0.5, 0.6) is 0 Å². The van der Waals surface area contributed by atoms with Gasteiger partial charge in [0.2, 0.25) is 11.8 Å². The van der Waals surface area contributed by atoms with Crippen LogP contribution in [0.25, 0.3) is 11.5 Å². The maximum Gasteiger partial charge on any atom is 0.269 e. The lowest BCUT2D eigenvalue weighted by Gasteiger charge is -1.94. The molecular weight excluding hydrogens is 222 g/mol. The molecule has 2 rings (SSSR count). The molecule has 0 N–H and O–H groups in total. The van der Waals surface area contributed by atoms with E-state index in [9.17, 15) is 10.1 Å². The maximum atomic E-state index is 10.5. The molecule has 0 spiro atoms. The summed E-state index contributed by atoms with van der Waals surface area (Å²) < 4.78 is 5.42. The Kier molecular flexibility index (Phi) is 3.13. The first kappa shape index (κ1) is 11.3. The fourth-order valence-corrected chi connectivity index (χ4v) is 1.41. The lowest BCUT2D eigenvalue weighted by molar-refractivity contribution is -0.384. The van der Waals surface area contributed by atoms with Gasteiger partial charge >= 0.3 is 0 Å². The number of hydrogen-bond acceptors (Lipinski definition) is 5. The molecule has 17 heavy (non-hydrogen) atoms. The summed E-state index contributed by atoms with van der Waals surface area (Å²) in [5.74, 6) is 0.976. The Labute approximate surface area is 97.4 Å². The van der Waals surface area contributed by atoms with E-state index in [-0.39, 0.29) is 5.69 Å². The Morgan fingerprint density at radius 3 is 2.59 bits per heavy atom. The molecule has 0 aliphatic rings. The second-order valence-electron chi connectivity index (χ2n) is 3.55. The van der Waals surface area contributed by atoms with Crippen molar-refractivity contribution in [3.8, 4) is 11.5 Å². The summed E-state index contributed by atoms with van der Waals surface area (Å²) in [7, 11) is 0. The third-order valence-corrected chi connectivity index (χ3v) is 2.26. The number of benzene rings is 1. The molecule has 0 amide bonds. The minimum absolute atomic E-state index is 0.0436. The van der Waals surface area contributed by atoms with Gasteiger partial charge in [-0.2, -0.15) is 0 Å². The van der Waals surface area contributed by atoms with E-state index in [2.05, 4.69) is 10.2 Å². The summed E-state index contributed by atoms with van der Waals surface area (Å²) in [6, 6.07) is 6.03. The maximum absolute atomic E-state index is 10.5. The van der Waals surface area contributed by atoms with E-state index in [0.717, 1.165) is 12.8 Å². The molecule has 0 aliphatic carbocycles. The van der Waals surface area contributed by atoms with Crippen LogP contribution in [0.3, 0.4) is 0 Å². The number of rotatable bonds is 4. The third-order valence-electron chi connectivity index (χ3n) is 2.26. The van der Waals surface area contributed by atoms with Crippen LogP contribution < -0.4 is 0 Å². The fourth-order valence-electron chi connectivity index (χ4n) is 1.41. The van der Waals surface area contributed by atoms with Crippen molar-refractivity contribution in [1.29, 1.82) is 0 Å². The predicted molar refractivity (Wildman–Crippen MR) is 60.4 cm³/mol. The Bertz CT molecular complexity index is 519. The van der Waals surface area contributed by atoms with E-state index >= 15 is 0 Å². The van der Waals surface area contributed by atoms with E-state index in [1.165, 1.54) is 12.1 Å². The van der Waals surface area contributed by atoms with Crippen molar-refractivity contribution in [3.63, 3.8) is 0 Å². The van der Waals surface area contributed by atoms with Gasteiger partial charge in [-0.25, -0.2) is 0 Å². The summed E-state index contributed by atoms with van der Waals surface area (Å²) >= 11 is 0. The van der Waals surface area contributed by atoms with Crippen LogP contribution in [0.15, 0.2) is 28.7 Å². The molecule has 2 aromatic rings. The second kappa shape index (κ2) is 4.73. The van der Waals surface area contributed by atoms with Crippen LogP contribution in [0.4, 0.5) is 5.69 Å². The minimum Gasteiger partial charge on any atom is -0.421 e. The Morgan fingerprint density at radius 2 is 2.00 bits per heavy atom. The van der Waals surface area contributed by atoms with Crippen molar-refractivity contribution in [2.45, 2.75) is 19.8 Å². The van der Waals surface area contributed by atoms with Crippen molar-refractivity contribution < 1.29 is 9.34 Å². The smallest absolute Gasteiger partial charge is 0.269 e. The van der Waals surface area contributed by atoms with Gasteiger partial charge in [-0.3, -0.25) is 10.1 Å². The van der Waals surface area contributed by atoms with Crippen LogP contribution in [-0.2, 0) is 6.42 Å². The Hall–Kier alpha value is -2.24. The average Bonchev–Trinajstić information content (AvgIpc) is 2.78. The van der Waals surface area contributed by atoms with E-state index in [4.69, 9.17) is 4.42 Å². The normalized spacial score (nSPS) is 10.4. The average molecular weight is 233 g/mol. The molecule has 1 aromatic heterocycles. The summed E-state index contributed by atoms with van der Waals surface area (Å²) in [5.41, 5.74) is 0.729. The number of hydrogen-bond donors (Lipinski definition) is 0. The summed E-state index contributed by atoms with van der Waals surface area (Å²) in [6.07, 6.45) is 1.67. The third kappa shape index (κ3) is 2.47. The largest absolute Gasteiger partial charge is 0.421 e. The SMILES string of the molecule is CCCc1nnc(-c2ccc([N+](=O)[O-])cc2)o1. The van der Waals surface area contributed by atoms with Gasteiger partial charge in [0.25, 0.3) is 5.69 Å². The number of aromatic nitrogens is 2. The first-order valence-corrected chi connectivity index (χ1v) is 5.28. The van der Waals surface area contributed by atoms with Crippen LogP contribution in [0, 0.1) is 10.1 Å². The zero-order valence-corrected chi connectivity index (χ0v) is 9.29. The van der Waals surface area contributed by atoms with E-state index in [1.54, 1.807) is 12.1 Å². The molecule has 88 valence electrons. The fraction of sp³-hybridized carbons (Fsp3) is 0.273. The summed E-state index contributed by atoms with van der Waals surface area (Å²) in [6.45, 7) is 2.02. The molecular formula is C11H11N3O3. The summed E-state index contributed by atoms with van der Waals surface area (Å²) in [4.78, 5) is 10.0. The lowest BCUT2D eigenvalue weighted by atomic mass is 10.2. The van der Waals surface area contributed by atoms with E-state index in [1.807, 2.05) is 6.92 Å².